The zero-order valence-corrected chi connectivity index (χ0v) is 11.3. The summed E-state index contributed by atoms with van der Waals surface area (Å²) in [4.78, 5) is 4.26. The summed E-state index contributed by atoms with van der Waals surface area (Å²) in [7, 11) is 0. The first-order valence-electron chi connectivity index (χ1n) is 6.61. The van der Waals surface area contributed by atoms with Gasteiger partial charge in [0.05, 0.1) is 0 Å². The summed E-state index contributed by atoms with van der Waals surface area (Å²) in [6.45, 7) is 1.95. The van der Waals surface area contributed by atoms with Crippen molar-refractivity contribution in [1.82, 2.24) is 19.6 Å². The third-order valence-corrected chi connectivity index (χ3v) is 4.04. The summed E-state index contributed by atoms with van der Waals surface area (Å²) >= 11 is 5.92. The molecule has 18 heavy (non-hydrogen) atoms. The van der Waals surface area contributed by atoms with Gasteiger partial charge in [0.2, 0.25) is 0 Å². The van der Waals surface area contributed by atoms with E-state index in [1.165, 1.54) is 32.1 Å². The topological polar surface area (TPSA) is 43.1 Å². The summed E-state index contributed by atoms with van der Waals surface area (Å²) < 4.78 is 2.01. The van der Waals surface area contributed by atoms with Crippen LogP contribution in [0.25, 0.3) is 5.65 Å². The minimum absolute atomic E-state index is 0.481. The molecular formula is C13H17ClN4. The van der Waals surface area contributed by atoms with Crippen LogP contribution >= 0.6 is 11.6 Å². The number of nitrogens with zero attached hydrogens (tertiary/aromatic N) is 4. The molecule has 3 rings (SSSR count). The molecule has 5 heteroatoms. The second kappa shape index (κ2) is 4.84. The van der Waals surface area contributed by atoms with Crippen molar-refractivity contribution in [2.45, 2.75) is 45.4 Å². The van der Waals surface area contributed by atoms with Crippen LogP contribution in [0, 0.1) is 12.8 Å². The fraction of sp³-hybridized carbons (Fsp3) is 0.615. The van der Waals surface area contributed by atoms with Gasteiger partial charge < -0.3 is 0 Å². The number of aryl methyl sites for hydroxylation is 2. The quantitative estimate of drug-likeness (QED) is 0.800. The summed E-state index contributed by atoms with van der Waals surface area (Å²) in [5.74, 6) is 2.75. The fourth-order valence-electron chi connectivity index (χ4n) is 2.91. The van der Waals surface area contributed by atoms with Crippen LogP contribution in [0.3, 0.4) is 0 Å². The lowest BCUT2D eigenvalue weighted by Gasteiger charge is -2.08. The van der Waals surface area contributed by atoms with E-state index in [0.717, 1.165) is 29.6 Å². The van der Waals surface area contributed by atoms with Gasteiger partial charge in [-0.05, 0) is 19.3 Å². The third-order valence-electron chi connectivity index (χ3n) is 3.85. The number of hydrogen-bond acceptors (Lipinski definition) is 3. The van der Waals surface area contributed by atoms with Gasteiger partial charge in [0, 0.05) is 12.5 Å². The normalized spacial score (nSPS) is 16.8. The van der Waals surface area contributed by atoms with E-state index in [0.29, 0.717) is 5.15 Å². The van der Waals surface area contributed by atoms with E-state index in [2.05, 4.69) is 15.2 Å². The Hall–Kier alpha value is -1.16. The number of rotatable bonds is 3. The van der Waals surface area contributed by atoms with Crippen LogP contribution in [0.5, 0.6) is 0 Å². The second-order valence-electron chi connectivity index (χ2n) is 5.13. The molecule has 0 bridgehead atoms. The molecule has 0 atom stereocenters. The molecule has 0 N–H and O–H groups in total. The molecule has 0 radical (unpaired) electrons. The predicted molar refractivity (Wildman–Crippen MR) is 70.8 cm³/mol. The monoisotopic (exact) mass is 264 g/mol. The van der Waals surface area contributed by atoms with Gasteiger partial charge in [0.1, 0.15) is 16.8 Å². The van der Waals surface area contributed by atoms with Crippen molar-refractivity contribution in [2.24, 2.45) is 5.92 Å². The Balaban J connectivity index is 1.83. The zero-order valence-electron chi connectivity index (χ0n) is 10.6. The van der Waals surface area contributed by atoms with Crippen LogP contribution < -0.4 is 0 Å². The van der Waals surface area contributed by atoms with Crippen molar-refractivity contribution >= 4 is 17.2 Å². The van der Waals surface area contributed by atoms with Crippen LogP contribution in [0.15, 0.2) is 6.07 Å². The summed E-state index contributed by atoms with van der Waals surface area (Å²) in [5, 5.41) is 8.93. The number of hydrogen-bond donors (Lipinski definition) is 0. The Morgan fingerprint density at radius 1 is 1.33 bits per heavy atom. The Bertz CT molecular complexity index is 557. The minimum atomic E-state index is 0.481. The summed E-state index contributed by atoms with van der Waals surface area (Å²) in [6, 6.07) is 1.76. The van der Waals surface area contributed by atoms with Crippen LogP contribution in [-0.2, 0) is 6.42 Å². The third kappa shape index (κ3) is 2.21. The molecule has 2 aromatic heterocycles. The standard InChI is InChI=1S/C13H17ClN4/c1-9-15-11(14)8-13-17-16-12(18(9)13)7-6-10-4-2-3-5-10/h8,10H,2-7H2,1H3. The molecule has 4 nitrogen and oxygen atoms in total. The Morgan fingerprint density at radius 2 is 2.11 bits per heavy atom. The van der Waals surface area contributed by atoms with Gasteiger partial charge in [-0.15, -0.1) is 10.2 Å². The fourth-order valence-corrected chi connectivity index (χ4v) is 3.13. The lowest BCUT2D eigenvalue weighted by atomic mass is 10.0. The van der Waals surface area contributed by atoms with Crippen LogP contribution in [-0.4, -0.2) is 19.6 Å². The molecule has 96 valence electrons. The molecule has 1 aliphatic rings. The maximum absolute atomic E-state index is 5.92. The van der Waals surface area contributed by atoms with Gasteiger partial charge in [-0.1, -0.05) is 37.3 Å². The first-order chi connectivity index (χ1) is 8.74. The van der Waals surface area contributed by atoms with Gasteiger partial charge in [-0.25, -0.2) is 4.98 Å². The average molecular weight is 265 g/mol. The lowest BCUT2D eigenvalue weighted by Crippen LogP contribution is -2.04. The molecule has 1 aliphatic carbocycles. The molecule has 0 amide bonds. The predicted octanol–water partition coefficient (Wildman–Crippen LogP) is 3.21. The van der Waals surface area contributed by atoms with E-state index in [1.54, 1.807) is 6.07 Å². The Morgan fingerprint density at radius 3 is 2.89 bits per heavy atom. The van der Waals surface area contributed by atoms with Gasteiger partial charge in [0.25, 0.3) is 0 Å². The van der Waals surface area contributed by atoms with E-state index in [9.17, 15) is 0 Å². The SMILES string of the molecule is Cc1nc(Cl)cc2nnc(CCC3CCCC3)n12. The second-order valence-corrected chi connectivity index (χ2v) is 5.51. The van der Waals surface area contributed by atoms with Crippen LogP contribution in [0.1, 0.15) is 43.8 Å². The highest BCUT2D eigenvalue weighted by Crippen LogP contribution is 2.28. The Labute approximate surface area is 111 Å². The largest absolute Gasteiger partial charge is 0.267 e. The smallest absolute Gasteiger partial charge is 0.165 e. The highest BCUT2D eigenvalue weighted by molar-refractivity contribution is 6.29. The molecule has 2 aromatic rings. The van der Waals surface area contributed by atoms with Crippen molar-refractivity contribution in [3.63, 3.8) is 0 Å². The van der Waals surface area contributed by atoms with E-state index in [-0.39, 0.29) is 0 Å². The van der Waals surface area contributed by atoms with E-state index < -0.39 is 0 Å². The lowest BCUT2D eigenvalue weighted by molar-refractivity contribution is 0.495. The Kier molecular flexibility index (Phi) is 3.20. The van der Waals surface area contributed by atoms with Gasteiger partial charge >= 0.3 is 0 Å². The van der Waals surface area contributed by atoms with Crippen molar-refractivity contribution in [3.8, 4) is 0 Å². The maximum Gasteiger partial charge on any atom is 0.165 e. The molecule has 0 spiro atoms. The first kappa shape index (κ1) is 11.9. The molecule has 2 heterocycles. The van der Waals surface area contributed by atoms with Crippen LogP contribution in [0.2, 0.25) is 5.15 Å². The highest BCUT2D eigenvalue weighted by Gasteiger charge is 2.17. The number of fused-ring (bicyclic) bond motifs is 1. The van der Waals surface area contributed by atoms with E-state index >= 15 is 0 Å². The van der Waals surface area contributed by atoms with Crippen molar-refractivity contribution < 1.29 is 0 Å². The van der Waals surface area contributed by atoms with Crippen molar-refractivity contribution in [1.29, 1.82) is 0 Å². The van der Waals surface area contributed by atoms with E-state index in [1.807, 2.05) is 11.3 Å². The highest BCUT2D eigenvalue weighted by atomic mass is 35.5. The molecule has 0 saturated heterocycles. The van der Waals surface area contributed by atoms with Crippen LogP contribution in [0.4, 0.5) is 0 Å². The molecule has 1 fully saturated rings. The minimum Gasteiger partial charge on any atom is -0.267 e. The molecule has 0 aliphatic heterocycles. The zero-order chi connectivity index (χ0) is 12.5. The van der Waals surface area contributed by atoms with Gasteiger partial charge in [-0.2, -0.15) is 0 Å². The molecule has 0 unspecified atom stereocenters. The maximum atomic E-state index is 5.92. The molecule has 1 saturated carbocycles. The van der Waals surface area contributed by atoms with E-state index in [4.69, 9.17) is 11.6 Å². The number of aromatic nitrogens is 4. The number of halogens is 1. The summed E-state index contributed by atoms with van der Waals surface area (Å²) in [6.07, 6.45) is 7.72. The average Bonchev–Trinajstić information content (AvgIpc) is 2.94. The van der Waals surface area contributed by atoms with Gasteiger partial charge in [0.15, 0.2) is 5.65 Å². The first-order valence-corrected chi connectivity index (χ1v) is 6.99. The van der Waals surface area contributed by atoms with Crippen molar-refractivity contribution in [3.05, 3.63) is 22.9 Å². The summed E-state index contributed by atoms with van der Waals surface area (Å²) in [5.41, 5.74) is 0.800. The molecular weight excluding hydrogens is 248 g/mol. The molecule has 0 aromatic carbocycles. The van der Waals surface area contributed by atoms with Gasteiger partial charge in [-0.3, -0.25) is 4.40 Å². The van der Waals surface area contributed by atoms with Crippen molar-refractivity contribution in [2.75, 3.05) is 0 Å².